The van der Waals surface area contributed by atoms with E-state index in [0.717, 1.165) is 19.3 Å². The number of hydrogen-bond acceptors (Lipinski definition) is 7. The van der Waals surface area contributed by atoms with Crippen molar-refractivity contribution in [1.82, 2.24) is 10.2 Å². The van der Waals surface area contributed by atoms with Gasteiger partial charge in [-0.1, -0.05) is 11.6 Å². The van der Waals surface area contributed by atoms with Gasteiger partial charge in [-0.3, -0.25) is 10.1 Å². The van der Waals surface area contributed by atoms with Gasteiger partial charge in [-0.25, -0.2) is 4.79 Å². The van der Waals surface area contributed by atoms with Crippen LogP contribution < -0.4 is 5.32 Å². The summed E-state index contributed by atoms with van der Waals surface area (Å²) in [4.78, 5) is 25.6. The molecule has 28 heavy (non-hydrogen) atoms. The maximum Gasteiger partial charge on any atom is 0.410 e. The molecule has 1 amide bonds. The number of rotatable bonds is 6. The van der Waals surface area contributed by atoms with Gasteiger partial charge in [-0.15, -0.1) is 0 Å². The molecule has 0 aromatic heterocycles. The second-order valence-corrected chi connectivity index (χ2v) is 8.10. The van der Waals surface area contributed by atoms with E-state index in [4.69, 9.17) is 30.5 Å². The number of amides is 1. The first-order chi connectivity index (χ1) is 13.1. The predicted octanol–water partition coefficient (Wildman–Crippen LogP) is 3.22. The van der Waals surface area contributed by atoms with Crippen molar-refractivity contribution < 1.29 is 28.5 Å². The maximum absolute atomic E-state index is 12.4. The zero-order valence-electron chi connectivity index (χ0n) is 16.8. The fourth-order valence-electron chi connectivity index (χ4n) is 2.77. The Balaban J connectivity index is 2.19. The van der Waals surface area contributed by atoms with Crippen LogP contribution in [0, 0.1) is 0 Å². The minimum Gasteiger partial charge on any atom is -0.469 e. The molecule has 0 aromatic carbocycles. The zero-order chi connectivity index (χ0) is 20.8. The van der Waals surface area contributed by atoms with Crippen molar-refractivity contribution in [2.75, 3.05) is 20.3 Å². The van der Waals surface area contributed by atoms with Crippen LogP contribution in [-0.2, 0) is 23.7 Å². The summed E-state index contributed by atoms with van der Waals surface area (Å²) in [5.74, 6) is -0.100. The van der Waals surface area contributed by atoms with Crippen molar-refractivity contribution in [1.29, 1.82) is 0 Å². The van der Waals surface area contributed by atoms with Crippen molar-refractivity contribution >= 4 is 23.7 Å². The topological polar surface area (TPSA) is 86.3 Å². The van der Waals surface area contributed by atoms with E-state index < -0.39 is 29.1 Å². The summed E-state index contributed by atoms with van der Waals surface area (Å²) in [7, 11) is 1.32. The summed E-state index contributed by atoms with van der Waals surface area (Å²) in [6, 6.07) is 0. The number of nitrogens with zero attached hydrogens (tertiary/aromatic N) is 1. The number of nitrogens with one attached hydrogen (secondary N) is 1. The Labute approximate surface area is 170 Å². The second kappa shape index (κ2) is 9.52. The molecule has 2 heterocycles. The molecule has 1 saturated heterocycles. The fraction of sp³-hybridized carbons (Fsp3) is 0.684. The standard InChI is InChI=1S/C19H29ClN2O6/c1-18(2,3)28-17(24)21-19(20)14(27-16-9-5-6-13-26-16)8-7-11-22(19)12-10-15(23)25-4/h7-8,11,16H,5-6,9-10,12-13H2,1-4H3,(H,21,24). The molecule has 0 saturated carbocycles. The van der Waals surface area contributed by atoms with E-state index >= 15 is 0 Å². The highest BCUT2D eigenvalue weighted by molar-refractivity contribution is 6.26. The minimum absolute atomic E-state index is 0.0819. The van der Waals surface area contributed by atoms with E-state index in [0.29, 0.717) is 12.4 Å². The van der Waals surface area contributed by atoms with Crippen molar-refractivity contribution in [3.63, 3.8) is 0 Å². The molecular weight excluding hydrogens is 388 g/mol. The van der Waals surface area contributed by atoms with Gasteiger partial charge in [0.15, 0.2) is 12.0 Å². The van der Waals surface area contributed by atoms with Crippen molar-refractivity contribution in [3.8, 4) is 0 Å². The third-order valence-corrected chi connectivity index (χ3v) is 4.58. The number of esters is 1. The number of alkyl carbamates (subject to hydrolysis) is 1. The molecule has 0 radical (unpaired) electrons. The van der Waals surface area contributed by atoms with E-state index in [9.17, 15) is 9.59 Å². The van der Waals surface area contributed by atoms with Gasteiger partial charge in [0.1, 0.15) is 5.60 Å². The van der Waals surface area contributed by atoms with E-state index in [-0.39, 0.29) is 13.0 Å². The zero-order valence-corrected chi connectivity index (χ0v) is 17.6. The van der Waals surface area contributed by atoms with Crippen LogP contribution in [0.25, 0.3) is 0 Å². The monoisotopic (exact) mass is 416 g/mol. The molecule has 158 valence electrons. The summed E-state index contributed by atoms with van der Waals surface area (Å²) in [6.07, 6.45) is 6.67. The molecular formula is C19H29ClN2O6. The number of methoxy groups -OCH3 is 1. The highest BCUT2D eigenvalue weighted by Gasteiger charge is 2.44. The van der Waals surface area contributed by atoms with Gasteiger partial charge >= 0.3 is 12.1 Å². The third-order valence-electron chi connectivity index (χ3n) is 4.08. The molecule has 8 nitrogen and oxygen atoms in total. The van der Waals surface area contributed by atoms with Crippen LogP contribution in [0.15, 0.2) is 24.1 Å². The molecule has 2 unspecified atom stereocenters. The lowest BCUT2D eigenvalue weighted by molar-refractivity contribution is -0.149. The lowest BCUT2D eigenvalue weighted by Gasteiger charge is -2.42. The third kappa shape index (κ3) is 6.31. The first-order valence-electron chi connectivity index (χ1n) is 9.35. The lowest BCUT2D eigenvalue weighted by Crippen LogP contribution is -2.59. The summed E-state index contributed by atoms with van der Waals surface area (Å²) in [5, 5.41) is 1.10. The Morgan fingerprint density at radius 2 is 2.14 bits per heavy atom. The maximum atomic E-state index is 12.4. The first kappa shape index (κ1) is 22.4. The molecule has 1 fully saturated rings. The van der Waals surface area contributed by atoms with Crippen LogP contribution in [0.2, 0.25) is 0 Å². The molecule has 1 N–H and O–H groups in total. The van der Waals surface area contributed by atoms with Crippen molar-refractivity contribution in [3.05, 3.63) is 24.1 Å². The van der Waals surface area contributed by atoms with Crippen molar-refractivity contribution in [2.24, 2.45) is 0 Å². The van der Waals surface area contributed by atoms with Gasteiger partial charge in [0.2, 0.25) is 0 Å². The number of carbonyl (C=O) groups excluding carboxylic acids is 2. The van der Waals surface area contributed by atoms with Crippen LogP contribution >= 0.6 is 11.6 Å². The number of ether oxygens (including phenoxy) is 4. The molecule has 0 aromatic rings. The number of alkyl halides is 1. The Morgan fingerprint density at radius 3 is 2.75 bits per heavy atom. The molecule has 0 spiro atoms. The van der Waals surface area contributed by atoms with Crippen LogP contribution in [0.5, 0.6) is 0 Å². The molecule has 2 atom stereocenters. The summed E-state index contributed by atoms with van der Waals surface area (Å²) < 4.78 is 21.6. The van der Waals surface area contributed by atoms with Crippen LogP contribution in [0.4, 0.5) is 4.79 Å². The van der Waals surface area contributed by atoms with Gasteiger partial charge in [0.05, 0.1) is 20.1 Å². The van der Waals surface area contributed by atoms with Crippen LogP contribution in [-0.4, -0.2) is 54.2 Å². The summed E-state index contributed by atoms with van der Waals surface area (Å²) >= 11 is 6.84. The molecule has 2 aliphatic rings. The Kier molecular flexibility index (Phi) is 7.60. The Hall–Kier alpha value is -1.93. The quantitative estimate of drug-likeness (QED) is 0.404. The van der Waals surface area contributed by atoms with Gasteiger partial charge in [0.25, 0.3) is 5.12 Å². The predicted molar refractivity (Wildman–Crippen MR) is 103 cm³/mol. The van der Waals surface area contributed by atoms with E-state index in [1.807, 2.05) is 0 Å². The van der Waals surface area contributed by atoms with Crippen LogP contribution in [0.3, 0.4) is 0 Å². The van der Waals surface area contributed by atoms with Gasteiger partial charge in [-0.2, -0.15) is 0 Å². The minimum atomic E-state index is -1.56. The number of hydrogen-bond donors (Lipinski definition) is 1. The molecule has 2 aliphatic heterocycles. The molecule has 0 bridgehead atoms. The molecule has 2 rings (SSSR count). The Morgan fingerprint density at radius 1 is 1.39 bits per heavy atom. The molecule has 9 heteroatoms. The highest BCUT2D eigenvalue weighted by Crippen LogP contribution is 2.34. The van der Waals surface area contributed by atoms with Crippen molar-refractivity contribution in [2.45, 2.75) is 63.5 Å². The number of carbonyl (C=O) groups is 2. The van der Waals surface area contributed by atoms with Crippen LogP contribution in [0.1, 0.15) is 46.5 Å². The number of halogens is 1. The average molecular weight is 417 g/mol. The smallest absolute Gasteiger partial charge is 0.410 e. The summed E-state index contributed by atoms with van der Waals surface area (Å²) in [6.45, 7) is 6.08. The van der Waals surface area contributed by atoms with Gasteiger partial charge in [0, 0.05) is 19.2 Å². The first-order valence-corrected chi connectivity index (χ1v) is 9.73. The fourth-order valence-corrected chi connectivity index (χ4v) is 3.09. The van der Waals surface area contributed by atoms with Gasteiger partial charge in [-0.05, 0) is 45.8 Å². The average Bonchev–Trinajstić information content (AvgIpc) is 2.61. The molecule has 0 aliphatic carbocycles. The normalized spacial score (nSPS) is 25.0. The Bertz CT molecular complexity index is 624. The van der Waals surface area contributed by atoms with Gasteiger partial charge < -0.3 is 23.8 Å². The lowest BCUT2D eigenvalue weighted by atomic mass is 10.2. The van der Waals surface area contributed by atoms with E-state index in [1.165, 1.54) is 7.11 Å². The van der Waals surface area contributed by atoms with E-state index in [1.54, 1.807) is 44.0 Å². The second-order valence-electron chi connectivity index (χ2n) is 7.55. The largest absolute Gasteiger partial charge is 0.469 e. The highest BCUT2D eigenvalue weighted by atomic mass is 35.5. The van der Waals surface area contributed by atoms with E-state index in [2.05, 4.69) is 5.32 Å². The SMILES string of the molecule is COC(=O)CCN1C=CC=C(OC2CCCCO2)C1(Cl)NC(=O)OC(C)(C)C. The summed E-state index contributed by atoms with van der Waals surface area (Å²) in [5.41, 5.74) is -0.699. The number of allylic oxidation sites excluding steroid dienone is 2.